The van der Waals surface area contributed by atoms with Gasteiger partial charge in [0.05, 0.1) is 12.5 Å². The summed E-state index contributed by atoms with van der Waals surface area (Å²) in [6, 6.07) is 6.97. The number of hydrogen-bond acceptors (Lipinski definition) is 1. The second-order valence-electron chi connectivity index (χ2n) is 3.26. The van der Waals surface area contributed by atoms with Gasteiger partial charge in [0.15, 0.2) is 0 Å². The number of terminal acetylenes is 1. The molecular weight excluding hydrogens is 210 g/mol. The van der Waals surface area contributed by atoms with E-state index in [1.165, 1.54) is 0 Å². The molecule has 1 unspecified atom stereocenters. The molecule has 1 amide bonds. The first-order chi connectivity index (χ1) is 7.11. The summed E-state index contributed by atoms with van der Waals surface area (Å²) < 4.78 is 0. The first-order valence-electron chi connectivity index (χ1n) is 4.61. The van der Waals surface area contributed by atoms with Crippen molar-refractivity contribution < 1.29 is 4.79 Å². The highest BCUT2D eigenvalue weighted by molar-refractivity contribution is 6.30. The number of nitrogens with one attached hydrogen (secondary N) is 1. The molecule has 0 radical (unpaired) electrons. The lowest BCUT2D eigenvalue weighted by atomic mass is 10.1. The van der Waals surface area contributed by atoms with Gasteiger partial charge in [0.25, 0.3) is 0 Å². The third-order valence-electron chi connectivity index (χ3n) is 1.88. The molecular formula is C12H12ClNO. The van der Waals surface area contributed by atoms with Crippen LogP contribution in [0.1, 0.15) is 12.5 Å². The smallest absolute Gasteiger partial charge is 0.225 e. The lowest BCUT2D eigenvalue weighted by molar-refractivity contribution is -0.120. The van der Waals surface area contributed by atoms with Crippen LogP contribution in [0.3, 0.4) is 0 Å². The maximum Gasteiger partial charge on any atom is 0.225 e. The molecule has 0 bridgehead atoms. The Kier molecular flexibility index (Phi) is 4.20. The third kappa shape index (κ3) is 4.05. The molecule has 0 aliphatic carbocycles. The van der Waals surface area contributed by atoms with Gasteiger partial charge < -0.3 is 5.32 Å². The molecule has 1 aromatic carbocycles. The number of rotatable bonds is 3. The molecule has 1 rings (SSSR count). The van der Waals surface area contributed by atoms with Gasteiger partial charge in [-0.1, -0.05) is 29.7 Å². The van der Waals surface area contributed by atoms with Gasteiger partial charge in [-0.05, 0) is 24.6 Å². The van der Waals surface area contributed by atoms with Crippen molar-refractivity contribution in [3.8, 4) is 12.3 Å². The minimum Gasteiger partial charge on any atom is -0.342 e. The Morgan fingerprint density at radius 1 is 1.67 bits per heavy atom. The van der Waals surface area contributed by atoms with E-state index in [9.17, 15) is 4.79 Å². The van der Waals surface area contributed by atoms with Gasteiger partial charge in [-0.15, -0.1) is 6.42 Å². The molecule has 0 saturated carbocycles. The van der Waals surface area contributed by atoms with Crippen molar-refractivity contribution in [2.75, 3.05) is 0 Å². The molecule has 0 fully saturated rings. The number of amides is 1. The Morgan fingerprint density at radius 2 is 2.40 bits per heavy atom. The highest BCUT2D eigenvalue weighted by Crippen LogP contribution is 2.10. The maximum atomic E-state index is 11.4. The summed E-state index contributed by atoms with van der Waals surface area (Å²) in [5.41, 5.74) is 0.879. The van der Waals surface area contributed by atoms with Crippen LogP contribution in [0.5, 0.6) is 0 Å². The van der Waals surface area contributed by atoms with Crippen molar-refractivity contribution in [2.24, 2.45) is 0 Å². The van der Waals surface area contributed by atoms with E-state index in [1.54, 1.807) is 19.1 Å². The molecule has 1 N–H and O–H groups in total. The van der Waals surface area contributed by atoms with Crippen LogP contribution in [-0.2, 0) is 11.2 Å². The Hall–Kier alpha value is -1.46. The van der Waals surface area contributed by atoms with Crippen LogP contribution in [0, 0.1) is 12.3 Å². The van der Waals surface area contributed by atoms with E-state index in [4.69, 9.17) is 18.0 Å². The van der Waals surface area contributed by atoms with Gasteiger partial charge in [0, 0.05) is 5.02 Å². The van der Waals surface area contributed by atoms with Crippen LogP contribution in [0.15, 0.2) is 24.3 Å². The fourth-order valence-electron chi connectivity index (χ4n) is 1.17. The summed E-state index contributed by atoms with van der Waals surface area (Å²) in [5.74, 6) is 2.34. The van der Waals surface area contributed by atoms with Crippen molar-refractivity contribution in [1.29, 1.82) is 0 Å². The van der Waals surface area contributed by atoms with Crippen LogP contribution in [0.4, 0.5) is 0 Å². The number of hydrogen-bond donors (Lipinski definition) is 1. The van der Waals surface area contributed by atoms with Crippen LogP contribution < -0.4 is 5.32 Å². The number of halogens is 1. The molecule has 3 heteroatoms. The second-order valence-corrected chi connectivity index (χ2v) is 3.70. The van der Waals surface area contributed by atoms with Crippen LogP contribution in [0.25, 0.3) is 0 Å². The van der Waals surface area contributed by atoms with Crippen LogP contribution >= 0.6 is 11.6 Å². The molecule has 0 saturated heterocycles. The SMILES string of the molecule is C#CC(C)NC(=O)Cc1cccc(Cl)c1. The molecule has 0 aromatic heterocycles. The quantitative estimate of drug-likeness (QED) is 0.778. The van der Waals surface area contributed by atoms with Gasteiger partial charge in [-0.2, -0.15) is 0 Å². The summed E-state index contributed by atoms with van der Waals surface area (Å²) in [6.45, 7) is 1.76. The Bertz CT molecular complexity index is 395. The summed E-state index contributed by atoms with van der Waals surface area (Å²) in [4.78, 5) is 11.4. The lowest BCUT2D eigenvalue weighted by Gasteiger charge is -2.07. The normalized spacial score (nSPS) is 11.5. The van der Waals surface area contributed by atoms with E-state index in [2.05, 4.69) is 11.2 Å². The molecule has 15 heavy (non-hydrogen) atoms. The van der Waals surface area contributed by atoms with Gasteiger partial charge in [0.1, 0.15) is 0 Å². The van der Waals surface area contributed by atoms with E-state index in [0.29, 0.717) is 11.4 Å². The predicted molar refractivity (Wildman–Crippen MR) is 61.6 cm³/mol. The summed E-state index contributed by atoms with van der Waals surface area (Å²) in [5, 5.41) is 3.31. The van der Waals surface area contributed by atoms with Crippen LogP contribution in [0.2, 0.25) is 5.02 Å². The van der Waals surface area contributed by atoms with E-state index < -0.39 is 0 Å². The van der Waals surface area contributed by atoms with Crippen molar-refractivity contribution in [3.05, 3.63) is 34.9 Å². The van der Waals surface area contributed by atoms with Crippen molar-refractivity contribution in [2.45, 2.75) is 19.4 Å². The summed E-state index contributed by atoms with van der Waals surface area (Å²) >= 11 is 5.80. The van der Waals surface area contributed by atoms with E-state index in [0.717, 1.165) is 5.56 Å². The van der Waals surface area contributed by atoms with E-state index >= 15 is 0 Å². The van der Waals surface area contributed by atoms with Crippen LogP contribution in [-0.4, -0.2) is 11.9 Å². The first-order valence-corrected chi connectivity index (χ1v) is 4.99. The van der Waals surface area contributed by atoms with Gasteiger partial charge >= 0.3 is 0 Å². The third-order valence-corrected chi connectivity index (χ3v) is 2.12. The molecule has 0 aliphatic heterocycles. The Balaban J connectivity index is 2.56. The zero-order chi connectivity index (χ0) is 11.3. The Morgan fingerprint density at radius 3 is 3.00 bits per heavy atom. The molecule has 0 aliphatic rings. The molecule has 1 aromatic rings. The monoisotopic (exact) mass is 221 g/mol. The fraction of sp³-hybridized carbons (Fsp3) is 0.250. The van der Waals surface area contributed by atoms with Crippen molar-refractivity contribution in [3.63, 3.8) is 0 Å². The molecule has 1 atom stereocenters. The molecule has 0 heterocycles. The molecule has 2 nitrogen and oxygen atoms in total. The summed E-state index contributed by atoms with van der Waals surface area (Å²) in [6.07, 6.45) is 5.45. The standard InChI is InChI=1S/C12H12ClNO/c1-3-9(2)14-12(15)8-10-5-4-6-11(13)7-10/h1,4-7,9H,8H2,2H3,(H,14,15). The molecule has 78 valence electrons. The summed E-state index contributed by atoms with van der Waals surface area (Å²) in [7, 11) is 0. The maximum absolute atomic E-state index is 11.4. The van der Waals surface area contributed by atoms with Gasteiger partial charge in [-0.3, -0.25) is 4.79 Å². The van der Waals surface area contributed by atoms with E-state index in [1.807, 2.05) is 12.1 Å². The topological polar surface area (TPSA) is 29.1 Å². The second kappa shape index (κ2) is 5.43. The predicted octanol–water partition coefficient (Wildman–Crippen LogP) is 2.02. The van der Waals surface area contributed by atoms with Crippen molar-refractivity contribution >= 4 is 17.5 Å². The number of benzene rings is 1. The van der Waals surface area contributed by atoms with E-state index in [-0.39, 0.29) is 11.9 Å². The average Bonchev–Trinajstić information content (AvgIpc) is 2.17. The number of carbonyl (C=O) groups excluding carboxylic acids is 1. The lowest BCUT2D eigenvalue weighted by Crippen LogP contribution is -2.32. The van der Waals surface area contributed by atoms with Gasteiger partial charge in [-0.25, -0.2) is 0 Å². The fourth-order valence-corrected chi connectivity index (χ4v) is 1.38. The first kappa shape index (κ1) is 11.6. The average molecular weight is 222 g/mol. The van der Waals surface area contributed by atoms with Crippen molar-refractivity contribution in [1.82, 2.24) is 5.32 Å². The highest BCUT2D eigenvalue weighted by atomic mass is 35.5. The minimum atomic E-state index is -0.239. The largest absolute Gasteiger partial charge is 0.342 e. The zero-order valence-electron chi connectivity index (χ0n) is 8.46. The minimum absolute atomic E-state index is 0.0947. The zero-order valence-corrected chi connectivity index (χ0v) is 9.21. The van der Waals surface area contributed by atoms with Gasteiger partial charge in [0.2, 0.25) is 5.91 Å². The number of carbonyl (C=O) groups is 1. The highest BCUT2D eigenvalue weighted by Gasteiger charge is 2.05. The Labute approximate surface area is 94.6 Å². The molecule has 0 spiro atoms.